The van der Waals surface area contributed by atoms with Gasteiger partial charge in [-0.15, -0.1) is 0 Å². The van der Waals surface area contributed by atoms with Crippen LogP contribution in [0.2, 0.25) is 5.02 Å². The second-order valence-corrected chi connectivity index (χ2v) is 4.82. The summed E-state index contributed by atoms with van der Waals surface area (Å²) in [5, 5.41) is 4.00. The summed E-state index contributed by atoms with van der Waals surface area (Å²) in [6.07, 6.45) is 0. The molecule has 0 atom stereocenters. The Bertz CT molecular complexity index is 353. The quantitative estimate of drug-likeness (QED) is 0.832. The van der Waals surface area contributed by atoms with Crippen molar-refractivity contribution in [2.45, 2.75) is 25.9 Å². The van der Waals surface area contributed by atoms with Crippen LogP contribution in [0.15, 0.2) is 18.2 Å². The maximum Gasteiger partial charge on any atom is 0.137 e. The topological polar surface area (TPSA) is 47.3 Å². The molecule has 0 heterocycles. The standard InChI is InChI=1S/C12H19ClN2O/c1-12(2,8-14)15-7-9-4-5-11(16-3)10(13)6-9/h4-6,15H,7-8,14H2,1-3H3. The van der Waals surface area contributed by atoms with Gasteiger partial charge < -0.3 is 15.8 Å². The number of benzene rings is 1. The van der Waals surface area contributed by atoms with Crippen LogP contribution in [-0.4, -0.2) is 19.2 Å². The number of hydrogen-bond acceptors (Lipinski definition) is 3. The Labute approximate surface area is 102 Å². The van der Waals surface area contributed by atoms with Crippen LogP contribution in [0, 0.1) is 0 Å². The number of hydrogen-bond donors (Lipinski definition) is 2. The predicted molar refractivity (Wildman–Crippen MR) is 68.0 cm³/mol. The average Bonchev–Trinajstić information content (AvgIpc) is 2.27. The first kappa shape index (κ1) is 13.3. The van der Waals surface area contributed by atoms with E-state index in [1.165, 1.54) is 0 Å². The third kappa shape index (κ3) is 3.67. The fourth-order valence-electron chi connectivity index (χ4n) is 1.23. The van der Waals surface area contributed by atoms with Crippen LogP contribution in [0.25, 0.3) is 0 Å². The molecule has 16 heavy (non-hydrogen) atoms. The van der Waals surface area contributed by atoms with Gasteiger partial charge in [0.05, 0.1) is 12.1 Å². The van der Waals surface area contributed by atoms with E-state index in [2.05, 4.69) is 19.2 Å². The molecule has 0 aliphatic rings. The highest BCUT2D eigenvalue weighted by molar-refractivity contribution is 6.32. The molecule has 0 saturated heterocycles. The fraction of sp³-hybridized carbons (Fsp3) is 0.500. The monoisotopic (exact) mass is 242 g/mol. The Morgan fingerprint density at radius 2 is 2.12 bits per heavy atom. The Kier molecular flexibility index (Phi) is 4.59. The summed E-state index contributed by atoms with van der Waals surface area (Å²) < 4.78 is 5.09. The fourth-order valence-corrected chi connectivity index (χ4v) is 1.51. The summed E-state index contributed by atoms with van der Waals surface area (Å²) in [5.74, 6) is 0.698. The SMILES string of the molecule is COc1ccc(CNC(C)(C)CN)cc1Cl. The van der Waals surface area contributed by atoms with Crippen molar-refractivity contribution in [1.29, 1.82) is 0 Å². The second kappa shape index (κ2) is 5.53. The van der Waals surface area contributed by atoms with Crippen LogP contribution in [0.4, 0.5) is 0 Å². The number of nitrogens with one attached hydrogen (secondary N) is 1. The van der Waals surface area contributed by atoms with E-state index >= 15 is 0 Å². The van der Waals surface area contributed by atoms with Crippen molar-refractivity contribution in [3.63, 3.8) is 0 Å². The molecule has 0 radical (unpaired) electrons. The van der Waals surface area contributed by atoms with Crippen molar-refractivity contribution in [1.82, 2.24) is 5.32 Å². The molecular formula is C12H19ClN2O. The molecule has 0 fully saturated rings. The molecule has 0 unspecified atom stereocenters. The molecule has 4 heteroatoms. The van der Waals surface area contributed by atoms with E-state index in [0.29, 0.717) is 17.3 Å². The first-order valence-corrected chi connectivity index (χ1v) is 5.64. The zero-order valence-electron chi connectivity index (χ0n) is 10.0. The molecule has 1 aromatic carbocycles. The van der Waals surface area contributed by atoms with E-state index in [9.17, 15) is 0 Å². The van der Waals surface area contributed by atoms with E-state index in [0.717, 1.165) is 12.1 Å². The smallest absolute Gasteiger partial charge is 0.137 e. The number of ether oxygens (including phenoxy) is 1. The summed E-state index contributed by atoms with van der Waals surface area (Å²) >= 11 is 6.04. The third-order valence-electron chi connectivity index (χ3n) is 2.50. The summed E-state index contributed by atoms with van der Waals surface area (Å²) in [7, 11) is 1.61. The lowest BCUT2D eigenvalue weighted by Gasteiger charge is -2.24. The minimum absolute atomic E-state index is 0.0631. The van der Waals surface area contributed by atoms with Gasteiger partial charge in [0.2, 0.25) is 0 Å². The lowest BCUT2D eigenvalue weighted by atomic mass is 10.1. The van der Waals surface area contributed by atoms with Gasteiger partial charge in [0.25, 0.3) is 0 Å². The zero-order valence-corrected chi connectivity index (χ0v) is 10.8. The van der Waals surface area contributed by atoms with Crippen molar-refractivity contribution in [2.24, 2.45) is 5.73 Å². The molecule has 0 aromatic heterocycles. The molecule has 1 aromatic rings. The molecule has 0 spiro atoms. The number of methoxy groups -OCH3 is 1. The molecule has 1 rings (SSSR count). The largest absolute Gasteiger partial charge is 0.495 e. The van der Waals surface area contributed by atoms with Gasteiger partial charge in [-0.3, -0.25) is 0 Å². The maximum absolute atomic E-state index is 6.04. The van der Waals surface area contributed by atoms with E-state index in [1.54, 1.807) is 7.11 Å². The molecule has 0 aliphatic carbocycles. The highest BCUT2D eigenvalue weighted by atomic mass is 35.5. The van der Waals surface area contributed by atoms with Gasteiger partial charge in [-0.1, -0.05) is 17.7 Å². The molecule has 0 bridgehead atoms. The average molecular weight is 243 g/mol. The molecule has 0 amide bonds. The summed E-state index contributed by atoms with van der Waals surface area (Å²) in [5.41, 5.74) is 6.69. The van der Waals surface area contributed by atoms with Crippen LogP contribution >= 0.6 is 11.6 Å². The van der Waals surface area contributed by atoms with Gasteiger partial charge in [-0.05, 0) is 31.5 Å². The van der Waals surface area contributed by atoms with Crippen molar-refractivity contribution in [3.8, 4) is 5.75 Å². The number of rotatable bonds is 5. The number of halogens is 1. The van der Waals surface area contributed by atoms with E-state index < -0.39 is 0 Å². The Hall–Kier alpha value is -0.770. The minimum Gasteiger partial charge on any atom is -0.495 e. The van der Waals surface area contributed by atoms with Gasteiger partial charge in [0.15, 0.2) is 0 Å². The van der Waals surface area contributed by atoms with Crippen LogP contribution in [-0.2, 0) is 6.54 Å². The lowest BCUT2D eigenvalue weighted by Crippen LogP contribution is -2.45. The van der Waals surface area contributed by atoms with Crippen molar-refractivity contribution in [3.05, 3.63) is 28.8 Å². The van der Waals surface area contributed by atoms with Gasteiger partial charge in [0, 0.05) is 18.6 Å². The van der Waals surface area contributed by atoms with Gasteiger partial charge >= 0.3 is 0 Å². The molecule has 90 valence electrons. The van der Waals surface area contributed by atoms with E-state index in [1.807, 2.05) is 18.2 Å². The highest BCUT2D eigenvalue weighted by Crippen LogP contribution is 2.24. The first-order valence-electron chi connectivity index (χ1n) is 5.26. The van der Waals surface area contributed by atoms with Gasteiger partial charge in [-0.2, -0.15) is 0 Å². The lowest BCUT2D eigenvalue weighted by molar-refractivity contribution is 0.396. The number of nitrogens with two attached hydrogens (primary N) is 1. The maximum atomic E-state index is 6.04. The van der Waals surface area contributed by atoms with Crippen molar-refractivity contribution < 1.29 is 4.74 Å². The van der Waals surface area contributed by atoms with E-state index in [4.69, 9.17) is 22.1 Å². The Morgan fingerprint density at radius 1 is 1.44 bits per heavy atom. The molecule has 3 N–H and O–H groups in total. The molecule has 0 saturated carbocycles. The van der Waals surface area contributed by atoms with E-state index in [-0.39, 0.29) is 5.54 Å². The highest BCUT2D eigenvalue weighted by Gasteiger charge is 2.14. The Morgan fingerprint density at radius 3 is 2.62 bits per heavy atom. The van der Waals surface area contributed by atoms with Crippen LogP contribution in [0.3, 0.4) is 0 Å². The molecule has 0 aliphatic heterocycles. The first-order chi connectivity index (χ1) is 7.48. The minimum atomic E-state index is -0.0631. The molecular weight excluding hydrogens is 224 g/mol. The van der Waals surface area contributed by atoms with Crippen LogP contribution in [0.1, 0.15) is 19.4 Å². The summed E-state index contributed by atoms with van der Waals surface area (Å²) in [6.45, 7) is 5.47. The predicted octanol–water partition coefficient (Wildman–Crippen LogP) is 2.18. The Balaban J connectivity index is 2.65. The summed E-state index contributed by atoms with van der Waals surface area (Å²) in [4.78, 5) is 0. The molecule has 3 nitrogen and oxygen atoms in total. The van der Waals surface area contributed by atoms with Crippen molar-refractivity contribution >= 4 is 11.6 Å². The summed E-state index contributed by atoms with van der Waals surface area (Å²) in [6, 6.07) is 5.76. The van der Waals surface area contributed by atoms with Gasteiger partial charge in [0.1, 0.15) is 5.75 Å². The van der Waals surface area contributed by atoms with Gasteiger partial charge in [-0.25, -0.2) is 0 Å². The second-order valence-electron chi connectivity index (χ2n) is 4.41. The zero-order chi connectivity index (χ0) is 12.2. The van der Waals surface area contributed by atoms with Crippen molar-refractivity contribution in [2.75, 3.05) is 13.7 Å². The third-order valence-corrected chi connectivity index (χ3v) is 2.79. The van der Waals surface area contributed by atoms with Crippen LogP contribution < -0.4 is 15.8 Å². The van der Waals surface area contributed by atoms with Crippen LogP contribution in [0.5, 0.6) is 5.75 Å². The normalized spacial score (nSPS) is 11.6.